The maximum absolute atomic E-state index is 2.49. The van der Waals surface area contributed by atoms with Crippen molar-refractivity contribution in [1.82, 2.24) is 4.40 Å². The Morgan fingerprint density at radius 1 is 0.862 bits per heavy atom. The first-order chi connectivity index (χ1) is 14.0. The molecule has 0 fully saturated rings. The molecule has 3 nitrogen and oxygen atoms in total. The summed E-state index contributed by atoms with van der Waals surface area (Å²) in [5.74, 6) is 0. The van der Waals surface area contributed by atoms with Gasteiger partial charge in [0.2, 0.25) is 5.52 Å². The molecule has 0 aliphatic heterocycles. The lowest BCUT2D eigenvalue weighted by Crippen LogP contribution is -2.29. The molecular formula is C26H24N3+. The van der Waals surface area contributed by atoms with Crippen molar-refractivity contribution in [2.24, 2.45) is 7.05 Å². The molecular weight excluding hydrogens is 354 g/mol. The maximum atomic E-state index is 2.49. The molecule has 3 heterocycles. The van der Waals surface area contributed by atoms with Crippen LogP contribution in [0.3, 0.4) is 0 Å². The molecule has 0 atom stereocenters. The summed E-state index contributed by atoms with van der Waals surface area (Å²) in [5.41, 5.74) is 9.17. The van der Waals surface area contributed by atoms with E-state index in [4.69, 9.17) is 0 Å². The van der Waals surface area contributed by atoms with Crippen molar-refractivity contribution in [3.8, 4) is 0 Å². The number of anilines is 1. The molecule has 3 aromatic heterocycles. The number of benzene rings is 3. The lowest BCUT2D eigenvalue weighted by Gasteiger charge is -2.14. The fraction of sp³-hybridized carbons (Fsp3) is 0.192. The first kappa shape index (κ1) is 16.6. The Morgan fingerprint density at radius 2 is 1.69 bits per heavy atom. The second-order valence-corrected chi connectivity index (χ2v) is 8.54. The maximum Gasteiger partial charge on any atom is 0.224 e. The molecule has 3 aromatic carbocycles. The number of hydrogen-bond donors (Lipinski definition) is 0. The lowest BCUT2D eigenvalue weighted by atomic mass is 9.96. The van der Waals surface area contributed by atoms with Gasteiger partial charge in [-0.05, 0) is 60.7 Å². The van der Waals surface area contributed by atoms with Gasteiger partial charge in [-0.2, -0.15) is 0 Å². The number of nitrogens with zero attached hydrogens (tertiary/aromatic N) is 3. The zero-order valence-corrected chi connectivity index (χ0v) is 17.5. The van der Waals surface area contributed by atoms with E-state index in [9.17, 15) is 0 Å². The van der Waals surface area contributed by atoms with E-state index in [1.165, 1.54) is 65.8 Å². The predicted molar refractivity (Wildman–Crippen MR) is 124 cm³/mol. The van der Waals surface area contributed by atoms with Gasteiger partial charge in [-0.1, -0.05) is 12.1 Å². The minimum Gasteiger partial charge on any atom is -0.378 e. The van der Waals surface area contributed by atoms with Gasteiger partial charge in [-0.15, -0.1) is 0 Å². The summed E-state index contributed by atoms with van der Waals surface area (Å²) in [6.07, 6.45) is 2.19. The van der Waals surface area contributed by atoms with E-state index in [1.54, 1.807) is 0 Å². The number of hydrogen-bond acceptors (Lipinski definition) is 1. The summed E-state index contributed by atoms with van der Waals surface area (Å²) in [7, 11) is 6.38. The van der Waals surface area contributed by atoms with E-state index in [2.05, 4.69) is 104 Å². The highest BCUT2D eigenvalue weighted by molar-refractivity contribution is 6.26. The van der Waals surface area contributed by atoms with Crippen LogP contribution in [-0.2, 0) is 7.05 Å². The first-order valence-electron chi connectivity index (χ1n) is 10.1. The summed E-state index contributed by atoms with van der Waals surface area (Å²) in [4.78, 5) is 2.18. The van der Waals surface area contributed by atoms with Crippen LogP contribution in [0.5, 0.6) is 0 Å². The molecule has 142 valence electrons. The summed E-state index contributed by atoms with van der Waals surface area (Å²) >= 11 is 0. The van der Waals surface area contributed by atoms with Gasteiger partial charge in [-0.25, -0.2) is 4.57 Å². The largest absolute Gasteiger partial charge is 0.378 e. The number of aromatic nitrogens is 2. The van der Waals surface area contributed by atoms with Crippen LogP contribution in [0.4, 0.5) is 5.69 Å². The van der Waals surface area contributed by atoms with Crippen molar-refractivity contribution in [2.45, 2.75) is 13.8 Å². The molecule has 6 rings (SSSR count). The molecule has 29 heavy (non-hydrogen) atoms. The monoisotopic (exact) mass is 378 g/mol. The molecule has 0 aliphatic rings. The number of aryl methyl sites for hydroxylation is 3. The first-order valence-corrected chi connectivity index (χ1v) is 10.1. The van der Waals surface area contributed by atoms with Crippen LogP contribution >= 0.6 is 0 Å². The van der Waals surface area contributed by atoms with Gasteiger partial charge in [-0.3, -0.25) is 0 Å². The fourth-order valence-corrected chi connectivity index (χ4v) is 5.10. The Labute approximate surface area is 169 Å². The van der Waals surface area contributed by atoms with Gasteiger partial charge in [0.1, 0.15) is 7.05 Å². The molecule has 3 heteroatoms. The highest BCUT2D eigenvalue weighted by Gasteiger charge is 2.24. The zero-order valence-electron chi connectivity index (χ0n) is 17.5. The SMILES string of the molecule is Cc1cc2c3cc(N(C)C)ccc3n3c4cccc5cc[n+](C)c(c(c1C)c23)c54. The standard InChI is InChI=1S/C26H24N3/c1-15-13-20-19-14-18(27(3)4)9-10-21(19)29-22-8-6-7-17-11-12-28(5)26(24(17)22)23(16(15)2)25(20)29/h6-14H,1-5H3/q+1. The van der Waals surface area contributed by atoms with E-state index >= 15 is 0 Å². The van der Waals surface area contributed by atoms with Crippen molar-refractivity contribution in [3.63, 3.8) is 0 Å². The van der Waals surface area contributed by atoms with Crippen LogP contribution in [0.25, 0.3) is 49.0 Å². The zero-order chi connectivity index (χ0) is 20.0. The van der Waals surface area contributed by atoms with Crippen LogP contribution in [0, 0.1) is 13.8 Å². The molecule has 0 aliphatic carbocycles. The van der Waals surface area contributed by atoms with Crippen LogP contribution in [0.2, 0.25) is 0 Å². The van der Waals surface area contributed by atoms with Gasteiger partial charge in [0, 0.05) is 36.6 Å². The van der Waals surface area contributed by atoms with Crippen LogP contribution in [0.15, 0.2) is 54.7 Å². The molecule has 0 unspecified atom stereocenters. The summed E-state index contributed by atoms with van der Waals surface area (Å²) in [5, 5.41) is 6.67. The van der Waals surface area contributed by atoms with Gasteiger partial charge in [0.15, 0.2) is 6.20 Å². The van der Waals surface area contributed by atoms with E-state index in [1.807, 2.05) is 0 Å². The highest BCUT2D eigenvalue weighted by Crippen LogP contribution is 2.42. The van der Waals surface area contributed by atoms with Crippen molar-refractivity contribution in [2.75, 3.05) is 19.0 Å². The van der Waals surface area contributed by atoms with Crippen molar-refractivity contribution >= 4 is 54.7 Å². The fourth-order valence-electron chi connectivity index (χ4n) is 5.10. The molecule has 0 N–H and O–H groups in total. The molecule has 0 radical (unpaired) electrons. The van der Waals surface area contributed by atoms with E-state index in [0.29, 0.717) is 0 Å². The molecule has 0 saturated heterocycles. The van der Waals surface area contributed by atoms with Crippen molar-refractivity contribution < 1.29 is 4.57 Å². The van der Waals surface area contributed by atoms with Gasteiger partial charge in [0.25, 0.3) is 0 Å². The third kappa shape index (κ3) is 1.95. The van der Waals surface area contributed by atoms with Gasteiger partial charge >= 0.3 is 0 Å². The third-order valence-corrected chi connectivity index (χ3v) is 6.69. The number of rotatable bonds is 1. The highest BCUT2D eigenvalue weighted by atomic mass is 15.1. The third-order valence-electron chi connectivity index (χ3n) is 6.69. The Morgan fingerprint density at radius 3 is 2.48 bits per heavy atom. The minimum atomic E-state index is 1.23. The van der Waals surface area contributed by atoms with Crippen molar-refractivity contribution in [3.05, 3.63) is 65.9 Å². The van der Waals surface area contributed by atoms with Crippen molar-refractivity contribution in [1.29, 1.82) is 0 Å². The lowest BCUT2D eigenvalue weighted by molar-refractivity contribution is -0.643. The Balaban J connectivity index is 2.06. The summed E-state index contributed by atoms with van der Waals surface area (Å²) in [6.45, 7) is 4.51. The van der Waals surface area contributed by atoms with Gasteiger partial charge in [0.05, 0.1) is 27.3 Å². The average molecular weight is 378 g/mol. The second kappa shape index (κ2) is 5.38. The van der Waals surface area contributed by atoms with Gasteiger partial charge < -0.3 is 9.30 Å². The van der Waals surface area contributed by atoms with E-state index in [-0.39, 0.29) is 0 Å². The Hall–Kier alpha value is -3.33. The topological polar surface area (TPSA) is 11.5 Å². The molecule has 0 bridgehead atoms. The number of pyridine rings is 2. The van der Waals surface area contributed by atoms with Crippen LogP contribution in [0.1, 0.15) is 11.1 Å². The number of fused-ring (bicyclic) bond motifs is 5. The Kier molecular flexibility index (Phi) is 3.08. The predicted octanol–water partition coefficient (Wildman–Crippen LogP) is 5.50. The molecule has 0 saturated carbocycles. The van der Waals surface area contributed by atoms with Crippen LogP contribution < -0.4 is 9.47 Å². The summed E-state index contributed by atoms with van der Waals surface area (Å²) < 4.78 is 4.78. The molecule has 0 amide bonds. The summed E-state index contributed by atoms with van der Waals surface area (Å²) in [6, 6.07) is 18.1. The second-order valence-electron chi connectivity index (χ2n) is 8.54. The van der Waals surface area contributed by atoms with Crippen LogP contribution in [-0.4, -0.2) is 18.5 Å². The van der Waals surface area contributed by atoms with E-state index < -0.39 is 0 Å². The quantitative estimate of drug-likeness (QED) is 0.209. The smallest absolute Gasteiger partial charge is 0.224 e. The minimum absolute atomic E-state index is 1.23. The van der Waals surface area contributed by atoms with E-state index in [0.717, 1.165) is 0 Å². The normalized spacial score (nSPS) is 12.3. The molecule has 0 spiro atoms. The Bertz CT molecular complexity index is 1600. The average Bonchev–Trinajstić information content (AvgIpc) is 3.03. The molecule has 6 aromatic rings.